The number of halogens is 1. The lowest BCUT2D eigenvalue weighted by molar-refractivity contribution is -0.141. The third-order valence-corrected chi connectivity index (χ3v) is 6.31. The molecule has 3 aromatic rings. The van der Waals surface area contributed by atoms with E-state index in [-0.39, 0.29) is 36.5 Å². The summed E-state index contributed by atoms with van der Waals surface area (Å²) in [5.41, 5.74) is 3.66. The highest BCUT2D eigenvalue weighted by molar-refractivity contribution is 5.88. The van der Waals surface area contributed by atoms with Crippen LogP contribution in [0, 0.1) is 11.7 Å². The van der Waals surface area contributed by atoms with E-state index >= 15 is 0 Å². The summed E-state index contributed by atoms with van der Waals surface area (Å²) in [5.74, 6) is -0.498. The van der Waals surface area contributed by atoms with Crippen LogP contribution >= 0.6 is 0 Å². The summed E-state index contributed by atoms with van der Waals surface area (Å²) in [6.45, 7) is 6.70. The minimum absolute atomic E-state index is 0.0346. The molecular formula is C31H37FN2O2. The molecule has 36 heavy (non-hydrogen) atoms. The molecule has 0 fully saturated rings. The maximum Gasteiger partial charge on any atom is 0.243 e. The Morgan fingerprint density at radius 1 is 0.861 bits per heavy atom. The van der Waals surface area contributed by atoms with Gasteiger partial charge in [-0.1, -0.05) is 93.6 Å². The van der Waals surface area contributed by atoms with E-state index in [4.69, 9.17) is 0 Å². The van der Waals surface area contributed by atoms with Gasteiger partial charge in [0.25, 0.3) is 0 Å². The topological polar surface area (TPSA) is 49.4 Å². The number of hydrogen-bond acceptors (Lipinski definition) is 2. The zero-order valence-electron chi connectivity index (χ0n) is 21.5. The second kappa shape index (κ2) is 13.6. The van der Waals surface area contributed by atoms with Crippen molar-refractivity contribution in [1.82, 2.24) is 10.2 Å². The summed E-state index contributed by atoms with van der Waals surface area (Å²) >= 11 is 0. The van der Waals surface area contributed by atoms with Gasteiger partial charge in [0.15, 0.2) is 0 Å². The van der Waals surface area contributed by atoms with E-state index in [0.29, 0.717) is 24.9 Å². The Kier molecular flexibility index (Phi) is 10.2. The predicted octanol–water partition coefficient (Wildman–Crippen LogP) is 5.73. The van der Waals surface area contributed by atoms with Crippen molar-refractivity contribution < 1.29 is 14.0 Å². The van der Waals surface area contributed by atoms with Crippen LogP contribution < -0.4 is 5.32 Å². The molecule has 190 valence electrons. The van der Waals surface area contributed by atoms with Gasteiger partial charge in [0.2, 0.25) is 11.8 Å². The number of rotatable bonds is 12. The molecule has 0 saturated carbocycles. The minimum Gasteiger partial charge on any atom is -0.354 e. The van der Waals surface area contributed by atoms with Crippen LogP contribution in [0.5, 0.6) is 0 Å². The first kappa shape index (κ1) is 27.1. The first-order valence-electron chi connectivity index (χ1n) is 12.8. The molecular weight excluding hydrogens is 451 g/mol. The van der Waals surface area contributed by atoms with Gasteiger partial charge in [-0.3, -0.25) is 9.59 Å². The lowest BCUT2D eigenvalue weighted by atomic mass is 10.0. The first-order chi connectivity index (χ1) is 17.4. The lowest BCUT2D eigenvalue weighted by Gasteiger charge is -2.32. The first-order valence-corrected chi connectivity index (χ1v) is 12.8. The molecule has 0 aliphatic carbocycles. The molecule has 3 aromatic carbocycles. The van der Waals surface area contributed by atoms with Crippen LogP contribution in [0.15, 0.2) is 78.9 Å². The van der Waals surface area contributed by atoms with Crippen LogP contribution in [0.3, 0.4) is 0 Å². The highest BCUT2D eigenvalue weighted by Gasteiger charge is 2.30. The Morgan fingerprint density at radius 2 is 1.50 bits per heavy atom. The Hall–Kier alpha value is -3.47. The standard InChI is InChI=1S/C31H37FN2O2/c1-4-24-14-16-25(17-15-24)18-19-30(35)34(22-27-12-8-9-13-28(27)32)29(31(36)33-21-23(2)3)20-26-10-6-5-7-11-26/h5-17,23,29H,4,18-22H2,1-3H3,(H,33,36)/t29-/m0/s1. The monoisotopic (exact) mass is 488 g/mol. The third-order valence-electron chi connectivity index (χ3n) is 6.31. The fraction of sp³-hybridized carbons (Fsp3) is 0.355. The fourth-order valence-corrected chi connectivity index (χ4v) is 4.12. The molecule has 3 rings (SSSR count). The van der Waals surface area contributed by atoms with E-state index in [1.165, 1.54) is 11.6 Å². The van der Waals surface area contributed by atoms with Crippen molar-refractivity contribution in [2.75, 3.05) is 6.54 Å². The number of carbonyl (C=O) groups is 2. The van der Waals surface area contributed by atoms with Crippen molar-refractivity contribution in [3.8, 4) is 0 Å². The molecule has 0 bridgehead atoms. The summed E-state index contributed by atoms with van der Waals surface area (Å²) in [5, 5.41) is 3.00. The molecule has 0 aliphatic rings. The zero-order chi connectivity index (χ0) is 25.9. The Morgan fingerprint density at radius 3 is 2.14 bits per heavy atom. The van der Waals surface area contributed by atoms with Gasteiger partial charge >= 0.3 is 0 Å². The number of nitrogens with zero attached hydrogens (tertiary/aromatic N) is 1. The second-order valence-electron chi connectivity index (χ2n) is 9.63. The van der Waals surface area contributed by atoms with Crippen molar-refractivity contribution in [3.05, 3.63) is 107 Å². The Bertz CT molecular complexity index is 1110. The summed E-state index contributed by atoms with van der Waals surface area (Å²) in [6.07, 6.45) is 2.11. The van der Waals surface area contributed by atoms with E-state index < -0.39 is 6.04 Å². The maximum absolute atomic E-state index is 14.6. The van der Waals surface area contributed by atoms with Crippen LogP contribution in [-0.2, 0) is 35.4 Å². The normalized spacial score (nSPS) is 11.8. The number of hydrogen-bond donors (Lipinski definition) is 1. The van der Waals surface area contributed by atoms with Gasteiger partial charge in [0.05, 0.1) is 0 Å². The van der Waals surface area contributed by atoms with Crippen molar-refractivity contribution in [2.24, 2.45) is 5.92 Å². The molecule has 1 N–H and O–H groups in total. The summed E-state index contributed by atoms with van der Waals surface area (Å²) in [7, 11) is 0. The number of nitrogens with one attached hydrogen (secondary N) is 1. The van der Waals surface area contributed by atoms with Crippen molar-refractivity contribution in [2.45, 2.75) is 59.0 Å². The van der Waals surface area contributed by atoms with Gasteiger partial charge in [-0.15, -0.1) is 0 Å². The van der Waals surface area contributed by atoms with Crippen LogP contribution in [-0.4, -0.2) is 29.3 Å². The molecule has 5 heteroatoms. The average molecular weight is 489 g/mol. The predicted molar refractivity (Wildman–Crippen MR) is 143 cm³/mol. The molecule has 1 atom stereocenters. The van der Waals surface area contributed by atoms with Gasteiger partial charge in [0, 0.05) is 31.5 Å². The van der Waals surface area contributed by atoms with E-state index in [9.17, 15) is 14.0 Å². The third kappa shape index (κ3) is 8.04. The van der Waals surface area contributed by atoms with Gasteiger partial charge in [-0.2, -0.15) is 0 Å². The Balaban J connectivity index is 1.89. The fourth-order valence-electron chi connectivity index (χ4n) is 4.12. The number of carbonyl (C=O) groups excluding carboxylic acids is 2. The van der Waals surface area contributed by atoms with Gasteiger partial charge < -0.3 is 10.2 Å². The summed E-state index contributed by atoms with van der Waals surface area (Å²) in [4.78, 5) is 28.6. The van der Waals surface area contributed by atoms with E-state index in [1.54, 1.807) is 23.1 Å². The van der Waals surface area contributed by atoms with Crippen molar-refractivity contribution in [3.63, 3.8) is 0 Å². The molecule has 4 nitrogen and oxygen atoms in total. The smallest absolute Gasteiger partial charge is 0.243 e. The highest BCUT2D eigenvalue weighted by atomic mass is 19.1. The molecule has 0 heterocycles. The number of aryl methyl sites for hydroxylation is 2. The zero-order valence-corrected chi connectivity index (χ0v) is 21.5. The van der Waals surface area contributed by atoms with Gasteiger partial charge in [-0.05, 0) is 41.5 Å². The molecule has 0 aromatic heterocycles. The Labute approximate surface area is 214 Å². The van der Waals surface area contributed by atoms with Crippen LogP contribution in [0.2, 0.25) is 0 Å². The molecule has 0 aliphatic heterocycles. The van der Waals surface area contributed by atoms with E-state index in [2.05, 4.69) is 24.4 Å². The second-order valence-corrected chi connectivity index (χ2v) is 9.63. The van der Waals surface area contributed by atoms with E-state index in [1.807, 2.05) is 56.3 Å². The largest absolute Gasteiger partial charge is 0.354 e. The van der Waals surface area contributed by atoms with Gasteiger partial charge in [-0.25, -0.2) is 4.39 Å². The van der Waals surface area contributed by atoms with E-state index in [0.717, 1.165) is 17.5 Å². The number of benzene rings is 3. The summed E-state index contributed by atoms with van der Waals surface area (Å²) in [6, 6.07) is 23.6. The highest BCUT2D eigenvalue weighted by Crippen LogP contribution is 2.19. The SMILES string of the molecule is CCc1ccc(CCC(=O)N(Cc2ccccc2F)[C@@H](Cc2ccccc2)C(=O)NCC(C)C)cc1. The van der Waals surface area contributed by atoms with Crippen LogP contribution in [0.1, 0.15) is 49.4 Å². The molecule has 0 spiro atoms. The summed E-state index contributed by atoms with van der Waals surface area (Å²) < 4.78 is 14.6. The maximum atomic E-state index is 14.6. The average Bonchev–Trinajstić information content (AvgIpc) is 2.89. The lowest BCUT2D eigenvalue weighted by Crippen LogP contribution is -2.51. The van der Waals surface area contributed by atoms with Crippen molar-refractivity contribution >= 4 is 11.8 Å². The van der Waals surface area contributed by atoms with Crippen molar-refractivity contribution in [1.29, 1.82) is 0 Å². The van der Waals surface area contributed by atoms with Crippen LogP contribution in [0.4, 0.5) is 4.39 Å². The molecule has 2 amide bonds. The molecule has 0 saturated heterocycles. The quantitative estimate of drug-likeness (QED) is 0.354. The minimum atomic E-state index is -0.749. The van der Waals surface area contributed by atoms with Crippen LogP contribution in [0.25, 0.3) is 0 Å². The molecule has 0 radical (unpaired) electrons. The molecule has 0 unspecified atom stereocenters. The number of amides is 2. The van der Waals surface area contributed by atoms with Gasteiger partial charge in [0.1, 0.15) is 11.9 Å².